The molecule has 2 atom stereocenters. The molecule has 3 heterocycles. The summed E-state index contributed by atoms with van der Waals surface area (Å²) >= 11 is 0. The van der Waals surface area contributed by atoms with E-state index in [1.54, 1.807) is 10.6 Å². The first-order valence-electron chi connectivity index (χ1n) is 9.29. The van der Waals surface area contributed by atoms with E-state index in [9.17, 15) is 14.7 Å². The fourth-order valence-electron chi connectivity index (χ4n) is 4.38. The third kappa shape index (κ3) is 2.39. The summed E-state index contributed by atoms with van der Waals surface area (Å²) in [7, 11) is 0. The molecule has 146 valence electrons. The zero-order valence-electron chi connectivity index (χ0n) is 15.3. The van der Waals surface area contributed by atoms with Crippen molar-refractivity contribution in [2.24, 2.45) is 5.92 Å². The minimum atomic E-state index is -1.02. The normalized spacial score (nSPS) is 24.6. The summed E-state index contributed by atoms with van der Waals surface area (Å²) in [6.45, 7) is 4.98. The summed E-state index contributed by atoms with van der Waals surface area (Å²) in [5.74, 6) is -1.19. The summed E-state index contributed by atoms with van der Waals surface area (Å²) in [6.07, 6.45) is 0.671. The number of H-pyrrole nitrogens is 1. The topological polar surface area (TPSA) is 114 Å². The number of morpholine rings is 1. The Balaban J connectivity index is 1.68. The first-order chi connectivity index (χ1) is 13.5. The van der Waals surface area contributed by atoms with Crippen molar-refractivity contribution in [3.05, 3.63) is 46.3 Å². The van der Waals surface area contributed by atoms with E-state index in [4.69, 9.17) is 9.26 Å². The number of hydrogen-bond acceptors (Lipinski definition) is 6. The Bertz CT molecular complexity index is 1120. The van der Waals surface area contributed by atoms with Crippen molar-refractivity contribution in [2.45, 2.75) is 18.9 Å². The van der Waals surface area contributed by atoms with Gasteiger partial charge in [-0.05, 0) is 36.6 Å². The molecule has 2 fully saturated rings. The molecular weight excluding hydrogens is 364 g/mol. The van der Waals surface area contributed by atoms with Crippen LogP contribution in [0.2, 0.25) is 0 Å². The fraction of sp³-hybridized carbons (Fsp3) is 0.421. The molecule has 0 spiro atoms. The lowest BCUT2D eigenvalue weighted by Gasteiger charge is -2.29. The van der Waals surface area contributed by atoms with Crippen molar-refractivity contribution in [2.75, 3.05) is 31.2 Å². The number of carboxylic acids is 1. The molecule has 28 heavy (non-hydrogen) atoms. The molecule has 0 unspecified atom stereocenters. The van der Waals surface area contributed by atoms with E-state index in [1.165, 1.54) is 0 Å². The number of carbonyl (C=O) groups is 1. The first kappa shape index (κ1) is 17.1. The van der Waals surface area contributed by atoms with Crippen molar-refractivity contribution in [3.63, 3.8) is 0 Å². The Hall–Kier alpha value is -3.07. The van der Waals surface area contributed by atoms with Gasteiger partial charge in [0.1, 0.15) is 11.2 Å². The second-order valence-electron chi connectivity index (χ2n) is 7.49. The highest BCUT2D eigenvalue weighted by molar-refractivity contribution is 5.96. The molecule has 2 N–H and O–H groups in total. The maximum Gasteiger partial charge on any atom is 0.438 e. The summed E-state index contributed by atoms with van der Waals surface area (Å²) in [5, 5.41) is 14.6. The summed E-state index contributed by atoms with van der Waals surface area (Å²) in [5.41, 5.74) is 1.28. The number of aromatic amines is 1. The average Bonchev–Trinajstić information content (AvgIpc) is 3.05. The minimum absolute atomic E-state index is 0.112. The monoisotopic (exact) mass is 384 g/mol. The van der Waals surface area contributed by atoms with Crippen LogP contribution >= 0.6 is 0 Å². The minimum Gasteiger partial charge on any atom is -0.477 e. The highest BCUT2D eigenvalue weighted by Gasteiger charge is 2.59. The lowest BCUT2D eigenvalue weighted by Crippen LogP contribution is -2.36. The number of benzene rings is 1. The number of aromatic nitrogens is 3. The van der Waals surface area contributed by atoms with Gasteiger partial charge in [-0.2, -0.15) is 0 Å². The fourth-order valence-corrected chi connectivity index (χ4v) is 4.38. The van der Waals surface area contributed by atoms with Gasteiger partial charge in [0.15, 0.2) is 5.82 Å². The lowest BCUT2D eigenvalue weighted by atomic mass is 10.1. The molecule has 3 aromatic rings. The predicted molar refractivity (Wildman–Crippen MR) is 99.9 cm³/mol. The van der Waals surface area contributed by atoms with Crippen molar-refractivity contribution in [3.8, 4) is 0 Å². The number of nitrogens with one attached hydrogen (secondary N) is 1. The molecular formula is C19H20N4O5. The zero-order chi connectivity index (χ0) is 19.5. The van der Waals surface area contributed by atoms with Gasteiger partial charge >= 0.3 is 11.7 Å². The second kappa shape index (κ2) is 5.96. The Morgan fingerprint density at radius 2 is 2.07 bits per heavy atom. The number of rotatable bonds is 4. The van der Waals surface area contributed by atoms with Gasteiger partial charge in [0, 0.05) is 29.7 Å². The van der Waals surface area contributed by atoms with Gasteiger partial charge in [-0.1, -0.05) is 12.1 Å². The maximum atomic E-state index is 12.0. The van der Waals surface area contributed by atoms with E-state index in [1.807, 2.05) is 25.1 Å². The Kier molecular flexibility index (Phi) is 3.63. The maximum absolute atomic E-state index is 12.0. The van der Waals surface area contributed by atoms with E-state index < -0.39 is 17.3 Å². The third-order valence-electron chi connectivity index (χ3n) is 5.90. The molecule has 1 aliphatic heterocycles. The number of hydrogen-bond donors (Lipinski definition) is 2. The Morgan fingerprint density at radius 3 is 2.68 bits per heavy atom. The van der Waals surface area contributed by atoms with Crippen molar-refractivity contribution in [1.82, 2.24) is 14.7 Å². The quantitative estimate of drug-likeness (QED) is 0.703. The number of ether oxygens (including phenoxy) is 1. The van der Waals surface area contributed by atoms with Crippen LogP contribution in [0, 0.1) is 5.92 Å². The number of aromatic carboxylic acids is 1. The van der Waals surface area contributed by atoms with Crippen LogP contribution in [0.3, 0.4) is 0 Å². The lowest BCUT2D eigenvalue weighted by molar-refractivity contribution is 0.0682. The smallest absolute Gasteiger partial charge is 0.438 e. The van der Waals surface area contributed by atoms with E-state index in [0.29, 0.717) is 25.5 Å². The number of nitrogens with zero attached hydrogens (tertiary/aromatic N) is 3. The van der Waals surface area contributed by atoms with Gasteiger partial charge in [-0.25, -0.2) is 9.59 Å². The highest BCUT2D eigenvalue weighted by Crippen LogP contribution is 2.55. The zero-order valence-corrected chi connectivity index (χ0v) is 15.3. The van der Waals surface area contributed by atoms with Crippen molar-refractivity contribution >= 4 is 22.6 Å². The summed E-state index contributed by atoms with van der Waals surface area (Å²) < 4.78 is 11.9. The van der Waals surface area contributed by atoms with Crippen LogP contribution in [-0.4, -0.2) is 52.1 Å². The molecule has 9 nitrogen and oxygen atoms in total. The summed E-state index contributed by atoms with van der Waals surface area (Å²) in [6, 6.07) is 7.64. The molecule has 5 rings (SSSR count). The third-order valence-corrected chi connectivity index (χ3v) is 5.90. The number of anilines is 1. The van der Waals surface area contributed by atoms with E-state index in [-0.39, 0.29) is 11.6 Å². The summed E-state index contributed by atoms with van der Waals surface area (Å²) in [4.78, 5) is 28.4. The molecule has 1 saturated carbocycles. The van der Waals surface area contributed by atoms with Crippen LogP contribution in [0.4, 0.5) is 5.69 Å². The van der Waals surface area contributed by atoms with E-state index in [2.05, 4.69) is 15.0 Å². The van der Waals surface area contributed by atoms with E-state index >= 15 is 0 Å². The highest BCUT2D eigenvalue weighted by atomic mass is 16.5. The number of carboxylic acid groups (broad SMARTS) is 1. The SMILES string of the molecule is C[C@H]1C[C@]1(c1noc(=O)[nH]1)n1c(C(=O)O)cc2cc(N3CCOCC3)ccc21. The van der Waals surface area contributed by atoms with Gasteiger partial charge in [-0.15, -0.1) is 0 Å². The number of fused-ring (bicyclic) bond motifs is 1. The van der Waals surface area contributed by atoms with Gasteiger partial charge < -0.3 is 19.3 Å². The largest absolute Gasteiger partial charge is 0.477 e. The molecule has 1 aliphatic carbocycles. The van der Waals surface area contributed by atoms with E-state index in [0.717, 1.165) is 29.7 Å². The second-order valence-corrected chi connectivity index (χ2v) is 7.49. The molecule has 1 saturated heterocycles. The Morgan fingerprint density at radius 1 is 1.32 bits per heavy atom. The average molecular weight is 384 g/mol. The standard InChI is InChI=1S/C19H20N4O5/c1-11-10-19(11,17-20-18(26)28-21-17)23-14-3-2-13(22-4-6-27-7-5-22)8-12(14)9-15(23)16(24)25/h2-3,8-9,11H,4-7,10H2,1H3,(H,24,25)(H,20,21,26)/t11-,19-/m0/s1. The van der Waals surface area contributed by atoms with Crippen molar-refractivity contribution < 1.29 is 19.2 Å². The molecule has 2 aromatic heterocycles. The van der Waals surface area contributed by atoms with Crippen LogP contribution in [0.1, 0.15) is 29.7 Å². The van der Waals surface area contributed by atoms with Crippen LogP contribution in [-0.2, 0) is 10.3 Å². The first-order valence-corrected chi connectivity index (χ1v) is 9.29. The van der Waals surface area contributed by atoms with Gasteiger partial charge in [-0.3, -0.25) is 9.51 Å². The van der Waals surface area contributed by atoms with Crippen LogP contribution < -0.4 is 10.7 Å². The van der Waals surface area contributed by atoms with Crippen LogP contribution in [0.25, 0.3) is 10.9 Å². The molecule has 0 amide bonds. The predicted octanol–water partition coefficient (Wildman–Crippen LogP) is 1.64. The Labute approximate surface area is 159 Å². The van der Waals surface area contributed by atoms with Gasteiger partial charge in [0.05, 0.1) is 13.2 Å². The van der Waals surface area contributed by atoms with Gasteiger partial charge in [0.25, 0.3) is 0 Å². The molecule has 0 bridgehead atoms. The molecule has 2 aliphatic rings. The molecule has 1 aromatic carbocycles. The van der Waals surface area contributed by atoms with Crippen LogP contribution in [0.5, 0.6) is 0 Å². The van der Waals surface area contributed by atoms with Gasteiger partial charge in [0.2, 0.25) is 0 Å². The molecule has 9 heteroatoms. The van der Waals surface area contributed by atoms with Crippen molar-refractivity contribution in [1.29, 1.82) is 0 Å². The molecule has 0 radical (unpaired) electrons. The van der Waals surface area contributed by atoms with Crippen LogP contribution in [0.15, 0.2) is 33.6 Å².